The second-order valence-corrected chi connectivity index (χ2v) is 8.17. The molecule has 0 aromatic carbocycles. The zero-order chi connectivity index (χ0) is 28.5. The van der Waals surface area contributed by atoms with Crippen LogP contribution in [0.15, 0.2) is 9.98 Å². The van der Waals surface area contributed by atoms with Gasteiger partial charge in [0, 0.05) is 18.8 Å². The monoisotopic (exact) mass is 548 g/mol. The molecule has 0 fully saturated rings. The van der Waals surface area contributed by atoms with Gasteiger partial charge < -0.3 is 54.8 Å². The molecule has 17 nitrogen and oxygen atoms in total. The lowest BCUT2D eigenvalue weighted by Crippen LogP contribution is -2.58. The Morgan fingerprint density at radius 3 is 1.65 bits per heavy atom. The van der Waals surface area contributed by atoms with Crippen LogP contribution in [0.3, 0.4) is 0 Å². The Bertz CT molecular complexity index is 862. The molecular weight excluding hydrogens is 512 g/mol. The third kappa shape index (κ3) is 15.0. The van der Waals surface area contributed by atoms with E-state index in [9.17, 15) is 29.1 Å². The highest BCUT2D eigenvalue weighted by Gasteiger charge is 2.30. The fourth-order valence-electron chi connectivity index (χ4n) is 2.81. The number of thiol groups is 1. The number of nitrogens with two attached hydrogens (primary N) is 5. The number of nitrogens with one attached hydrogen (secondary N) is 3. The van der Waals surface area contributed by atoms with Gasteiger partial charge >= 0.3 is 11.9 Å². The fourth-order valence-corrected chi connectivity index (χ4v) is 3.07. The summed E-state index contributed by atoms with van der Waals surface area (Å²) in [6.07, 6.45) is -0.0794. The quantitative estimate of drug-likeness (QED) is 0.0333. The minimum absolute atomic E-state index is 0.0101. The molecule has 0 rings (SSSR count). The number of guanidine groups is 2. The maximum Gasteiger partial charge on any atom is 0.326 e. The molecule has 0 radical (unpaired) electrons. The molecule has 0 aliphatic carbocycles. The van der Waals surface area contributed by atoms with Crippen molar-refractivity contribution in [3.05, 3.63) is 0 Å². The molecule has 0 aliphatic rings. The highest BCUT2D eigenvalue weighted by atomic mass is 32.1. The molecule has 0 aromatic rings. The number of carbonyl (C=O) groups is 5. The zero-order valence-electron chi connectivity index (χ0n) is 20.1. The second-order valence-electron chi connectivity index (χ2n) is 7.81. The van der Waals surface area contributed by atoms with E-state index in [-0.39, 0.29) is 50.0 Å². The first-order valence-electron chi connectivity index (χ1n) is 11.1. The number of hydrogen-bond donors (Lipinski definition) is 11. The van der Waals surface area contributed by atoms with E-state index in [0.29, 0.717) is 6.42 Å². The number of hydrogen-bond acceptors (Lipinski definition) is 9. The SMILES string of the molecule is NC(N)=NCCCC(N)C(=O)NC(CC(=O)O)C(=O)NC(CS)C(=O)NC(CCCN=C(N)N)C(=O)O. The van der Waals surface area contributed by atoms with Crippen molar-refractivity contribution in [2.45, 2.75) is 56.3 Å². The minimum Gasteiger partial charge on any atom is -0.481 e. The smallest absolute Gasteiger partial charge is 0.326 e. The van der Waals surface area contributed by atoms with Gasteiger partial charge in [-0.15, -0.1) is 0 Å². The molecule has 210 valence electrons. The van der Waals surface area contributed by atoms with Crippen molar-refractivity contribution in [3.8, 4) is 0 Å². The molecule has 0 aliphatic heterocycles. The molecule has 0 spiro atoms. The van der Waals surface area contributed by atoms with E-state index in [1.165, 1.54) is 0 Å². The number of carboxylic acid groups (broad SMARTS) is 2. The van der Waals surface area contributed by atoms with Crippen LogP contribution in [0.5, 0.6) is 0 Å². The van der Waals surface area contributed by atoms with Crippen LogP contribution in [-0.2, 0) is 24.0 Å². The summed E-state index contributed by atoms with van der Waals surface area (Å²) in [6.45, 7) is 0.356. The van der Waals surface area contributed by atoms with E-state index in [0.717, 1.165) is 0 Å². The van der Waals surface area contributed by atoms with Crippen molar-refractivity contribution in [1.82, 2.24) is 16.0 Å². The summed E-state index contributed by atoms with van der Waals surface area (Å²) in [4.78, 5) is 67.8. The third-order valence-corrected chi connectivity index (χ3v) is 5.06. The third-order valence-electron chi connectivity index (χ3n) is 4.69. The first-order valence-corrected chi connectivity index (χ1v) is 11.7. The van der Waals surface area contributed by atoms with Gasteiger partial charge in [0.25, 0.3) is 0 Å². The average molecular weight is 549 g/mol. The van der Waals surface area contributed by atoms with E-state index >= 15 is 0 Å². The molecule has 0 saturated heterocycles. The Morgan fingerprint density at radius 1 is 0.730 bits per heavy atom. The van der Waals surface area contributed by atoms with Crippen LogP contribution in [0, 0.1) is 0 Å². The molecule has 15 N–H and O–H groups in total. The first-order chi connectivity index (χ1) is 17.3. The molecule has 3 amide bonds. The van der Waals surface area contributed by atoms with E-state index in [1.807, 2.05) is 0 Å². The van der Waals surface area contributed by atoms with Gasteiger partial charge in [0.05, 0.1) is 12.5 Å². The van der Waals surface area contributed by atoms with Gasteiger partial charge in [-0.2, -0.15) is 12.6 Å². The van der Waals surface area contributed by atoms with E-state index in [1.54, 1.807) is 0 Å². The number of amides is 3. The first kappa shape index (κ1) is 33.2. The molecule has 0 aromatic heterocycles. The van der Waals surface area contributed by atoms with Gasteiger partial charge in [0.15, 0.2) is 11.9 Å². The summed E-state index contributed by atoms with van der Waals surface area (Å²) in [7, 11) is 0. The second kappa shape index (κ2) is 17.6. The molecule has 4 unspecified atom stereocenters. The summed E-state index contributed by atoms with van der Waals surface area (Å²) in [5.41, 5.74) is 26.6. The van der Waals surface area contributed by atoms with Crippen LogP contribution >= 0.6 is 12.6 Å². The topological polar surface area (TPSA) is 317 Å². The Balaban J connectivity index is 5.16. The van der Waals surface area contributed by atoms with Gasteiger partial charge in [-0.3, -0.25) is 29.2 Å². The molecular formula is C19H36N10O7S. The Kier molecular flexibility index (Phi) is 15.8. The Labute approximate surface area is 218 Å². The molecule has 4 atom stereocenters. The van der Waals surface area contributed by atoms with E-state index in [4.69, 9.17) is 33.8 Å². The lowest BCUT2D eigenvalue weighted by Gasteiger charge is -2.23. The van der Waals surface area contributed by atoms with Crippen LogP contribution in [-0.4, -0.2) is 94.8 Å². The molecule has 18 heteroatoms. The van der Waals surface area contributed by atoms with Crippen LogP contribution in [0.4, 0.5) is 0 Å². The van der Waals surface area contributed by atoms with Gasteiger partial charge in [-0.05, 0) is 25.7 Å². The lowest BCUT2D eigenvalue weighted by molar-refractivity contribution is -0.143. The fraction of sp³-hybridized carbons (Fsp3) is 0.632. The predicted molar refractivity (Wildman–Crippen MR) is 137 cm³/mol. The molecule has 37 heavy (non-hydrogen) atoms. The summed E-state index contributed by atoms with van der Waals surface area (Å²) in [6, 6.07) is -5.30. The van der Waals surface area contributed by atoms with Crippen LogP contribution in [0.25, 0.3) is 0 Å². The Hall–Kier alpha value is -3.80. The van der Waals surface area contributed by atoms with Crippen molar-refractivity contribution in [2.75, 3.05) is 18.8 Å². The molecule has 0 heterocycles. The summed E-state index contributed by atoms with van der Waals surface area (Å²) in [5.74, 6) is -5.96. The van der Waals surface area contributed by atoms with Crippen LogP contribution in [0.2, 0.25) is 0 Å². The lowest BCUT2D eigenvalue weighted by atomic mass is 10.1. The van der Waals surface area contributed by atoms with Crippen molar-refractivity contribution in [2.24, 2.45) is 38.7 Å². The Morgan fingerprint density at radius 2 is 1.19 bits per heavy atom. The van der Waals surface area contributed by atoms with Crippen molar-refractivity contribution >= 4 is 54.2 Å². The maximum absolute atomic E-state index is 12.7. The number of carboxylic acids is 2. The van der Waals surface area contributed by atoms with Crippen molar-refractivity contribution < 1.29 is 34.2 Å². The number of nitrogens with zero attached hydrogens (tertiary/aromatic N) is 2. The number of aliphatic carboxylic acids is 2. The van der Waals surface area contributed by atoms with E-state index in [2.05, 4.69) is 38.6 Å². The van der Waals surface area contributed by atoms with Crippen LogP contribution in [0.1, 0.15) is 32.1 Å². The average Bonchev–Trinajstić information content (AvgIpc) is 2.80. The highest BCUT2D eigenvalue weighted by molar-refractivity contribution is 7.80. The summed E-state index contributed by atoms with van der Waals surface area (Å²) >= 11 is 3.99. The summed E-state index contributed by atoms with van der Waals surface area (Å²) < 4.78 is 0. The largest absolute Gasteiger partial charge is 0.481 e. The molecule has 0 bridgehead atoms. The van der Waals surface area contributed by atoms with Gasteiger partial charge in [0.2, 0.25) is 17.7 Å². The minimum atomic E-state index is -1.57. The zero-order valence-corrected chi connectivity index (χ0v) is 21.0. The van der Waals surface area contributed by atoms with Gasteiger partial charge in [-0.1, -0.05) is 0 Å². The molecule has 0 saturated carbocycles. The highest BCUT2D eigenvalue weighted by Crippen LogP contribution is 2.03. The normalized spacial score (nSPS) is 13.7. The van der Waals surface area contributed by atoms with Crippen molar-refractivity contribution in [3.63, 3.8) is 0 Å². The summed E-state index contributed by atoms with van der Waals surface area (Å²) in [5, 5.41) is 25.3. The van der Waals surface area contributed by atoms with E-state index < -0.39 is 60.2 Å². The standard InChI is InChI=1S/C19H36N10O7S/c20-9(3-1-5-25-18(21)22)14(32)28-11(7-13(30)31)15(33)29-12(8-37)16(34)27-10(17(35)36)4-2-6-26-19(23)24/h9-12,37H,1-8,20H2,(H,27,34)(H,28,32)(H,29,33)(H,30,31)(H,35,36)(H4,21,22,25)(H4,23,24,26). The number of aliphatic imine (C=N–C) groups is 2. The maximum atomic E-state index is 12.7. The van der Waals surface area contributed by atoms with Crippen LogP contribution < -0.4 is 44.6 Å². The van der Waals surface area contributed by atoms with Gasteiger partial charge in [-0.25, -0.2) is 4.79 Å². The predicted octanol–water partition coefficient (Wildman–Crippen LogP) is -4.64. The number of rotatable bonds is 18. The van der Waals surface area contributed by atoms with Crippen molar-refractivity contribution in [1.29, 1.82) is 0 Å². The number of carbonyl (C=O) groups excluding carboxylic acids is 3. The van der Waals surface area contributed by atoms with Gasteiger partial charge in [0.1, 0.15) is 18.1 Å².